The molecule has 1 aromatic rings. The molecule has 0 bridgehead atoms. The van der Waals surface area contributed by atoms with E-state index in [1.54, 1.807) is 0 Å². The molecule has 0 aromatic carbocycles. The fourth-order valence-electron chi connectivity index (χ4n) is 0.842. The number of aromatic nitrogens is 2. The second-order valence-corrected chi connectivity index (χ2v) is 2.66. The summed E-state index contributed by atoms with van der Waals surface area (Å²) in [7, 11) is 0. The summed E-state index contributed by atoms with van der Waals surface area (Å²) in [4.78, 5) is 10.5. The molecule has 0 spiro atoms. The Morgan fingerprint density at radius 3 is 2.73 bits per heavy atom. The predicted molar refractivity (Wildman–Crippen MR) is 52.3 cm³/mol. The molecule has 15 heavy (non-hydrogen) atoms. The van der Waals surface area contributed by atoms with Gasteiger partial charge in [-0.05, 0) is 12.1 Å². The van der Waals surface area contributed by atoms with Gasteiger partial charge in [-0.3, -0.25) is 0 Å². The van der Waals surface area contributed by atoms with Crippen molar-refractivity contribution in [2.75, 3.05) is 11.9 Å². The van der Waals surface area contributed by atoms with E-state index in [0.717, 1.165) is 0 Å². The van der Waals surface area contributed by atoms with Crippen LogP contribution in [0.1, 0.15) is 10.5 Å². The molecule has 0 amide bonds. The van der Waals surface area contributed by atoms with Gasteiger partial charge in [0.05, 0.1) is 6.61 Å². The first-order valence-corrected chi connectivity index (χ1v) is 4.08. The van der Waals surface area contributed by atoms with E-state index >= 15 is 0 Å². The minimum absolute atomic E-state index is 0.151. The average Bonchev–Trinajstić information content (AvgIpc) is 2.26. The third kappa shape index (κ3) is 2.93. The average molecular weight is 207 g/mol. The van der Waals surface area contributed by atoms with Gasteiger partial charge in [0.2, 0.25) is 0 Å². The number of terminal acetylenes is 1. The van der Waals surface area contributed by atoms with Crippen LogP contribution in [0.15, 0.2) is 12.1 Å². The summed E-state index contributed by atoms with van der Waals surface area (Å²) in [5.74, 6) is 1.46. The molecule has 3 N–H and O–H groups in total. The number of aromatic carboxylic acids is 1. The molecule has 0 aliphatic heterocycles. The Bertz CT molecular complexity index is 383. The summed E-state index contributed by atoms with van der Waals surface area (Å²) in [5.41, 5.74) is -0.151. The number of nitrogens with zero attached hydrogens (tertiary/aromatic N) is 2. The third-order valence-corrected chi connectivity index (χ3v) is 1.59. The van der Waals surface area contributed by atoms with Crippen LogP contribution < -0.4 is 5.32 Å². The molecule has 1 heterocycles. The zero-order valence-corrected chi connectivity index (χ0v) is 7.71. The van der Waals surface area contributed by atoms with Gasteiger partial charge >= 0.3 is 5.97 Å². The largest absolute Gasteiger partial charge is 0.476 e. The number of aliphatic hydroxyl groups is 1. The quantitative estimate of drug-likeness (QED) is 0.580. The van der Waals surface area contributed by atoms with Crippen molar-refractivity contribution in [1.29, 1.82) is 0 Å². The van der Waals surface area contributed by atoms with Crippen LogP contribution in [-0.4, -0.2) is 39.0 Å². The highest BCUT2D eigenvalue weighted by Gasteiger charge is 2.07. The Balaban J connectivity index is 2.73. The van der Waals surface area contributed by atoms with E-state index in [0.29, 0.717) is 5.82 Å². The Kier molecular flexibility index (Phi) is 3.60. The van der Waals surface area contributed by atoms with Gasteiger partial charge < -0.3 is 15.5 Å². The molecule has 6 heteroatoms. The minimum atomic E-state index is -1.15. The molecule has 6 nitrogen and oxygen atoms in total. The van der Waals surface area contributed by atoms with Gasteiger partial charge in [0.25, 0.3) is 0 Å². The maximum absolute atomic E-state index is 10.5. The summed E-state index contributed by atoms with van der Waals surface area (Å²) in [5, 5.41) is 27.1. The van der Waals surface area contributed by atoms with Gasteiger partial charge in [-0.2, -0.15) is 0 Å². The van der Waals surface area contributed by atoms with Crippen LogP contribution in [0, 0.1) is 12.3 Å². The van der Waals surface area contributed by atoms with Crippen molar-refractivity contribution >= 4 is 11.8 Å². The Morgan fingerprint density at radius 1 is 1.60 bits per heavy atom. The fourth-order valence-corrected chi connectivity index (χ4v) is 0.842. The van der Waals surface area contributed by atoms with Crippen LogP contribution in [-0.2, 0) is 0 Å². The molecule has 1 rings (SSSR count). The van der Waals surface area contributed by atoms with E-state index in [1.807, 2.05) is 0 Å². The van der Waals surface area contributed by atoms with Gasteiger partial charge in [0.15, 0.2) is 5.69 Å². The van der Waals surface area contributed by atoms with Crippen LogP contribution in [0.2, 0.25) is 0 Å². The first-order chi connectivity index (χ1) is 7.17. The molecule has 78 valence electrons. The number of anilines is 1. The van der Waals surface area contributed by atoms with Crippen molar-refractivity contribution in [2.45, 2.75) is 6.04 Å². The SMILES string of the molecule is C#CC(CO)Nc1ccc(C(=O)O)nn1. The van der Waals surface area contributed by atoms with E-state index in [4.69, 9.17) is 16.6 Å². The first kappa shape index (κ1) is 10.9. The van der Waals surface area contributed by atoms with Crippen LogP contribution >= 0.6 is 0 Å². The molecule has 1 unspecified atom stereocenters. The van der Waals surface area contributed by atoms with Crippen molar-refractivity contribution in [3.8, 4) is 12.3 Å². The standard InChI is InChI=1S/C9H9N3O3/c1-2-6(5-13)10-8-4-3-7(9(14)15)11-12-8/h1,3-4,6,13H,5H2,(H,10,12)(H,14,15). The number of carbonyl (C=O) groups is 1. The smallest absolute Gasteiger partial charge is 0.356 e. The summed E-state index contributed by atoms with van der Waals surface area (Å²) >= 11 is 0. The highest BCUT2D eigenvalue weighted by atomic mass is 16.4. The van der Waals surface area contributed by atoms with Gasteiger partial charge in [0.1, 0.15) is 11.9 Å². The summed E-state index contributed by atoms with van der Waals surface area (Å²) < 4.78 is 0. The Hall–Kier alpha value is -2.13. The fraction of sp³-hybridized carbons (Fsp3) is 0.222. The van der Waals surface area contributed by atoms with Gasteiger partial charge in [-0.1, -0.05) is 5.92 Å². The molecule has 1 aromatic heterocycles. The minimum Gasteiger partial charge on any atom is -0.476 e. The van der Waals surface area contributed by atoms with Crippen LogP contribution in [0.5, 0.6) is 0 Å². The summed E-state index contributed by atoms with van der Waals surface area (Å²) in [6.45, 7) is -0.237. The molecule has 0 aliphatic rings. The second-order valence-electron chi connectivity index (χ2n) is 2.66. The lowest BCUT2D eigenvalue weighted by Gasteiger charge is -2.09. The highest BCUT2D eigenvalue weighted by Crippen LogP contribution is 2.03. The number of nitrogens with one attached hydrogen (secondary N) is 1. The van der Waals surface area contributed by atoms with E-state index in [2.05, 4.69) is 21.4 Å². The van der Waals surface area contributed by atoms with E-state index < -0.39 is 12.0 Å². The van der Waals surface area contributed by atoms with Gasteiger partial charge in [0, 0.05) is 0 Å². The van der Waals surface area contributed by atoms with Gasteiger partial charge in [-0.15, -0.1) is 16.6 Å². The zero-order valence-electron chi connectivity index (χ0n) is 7.71. The van der Waals surface area contributed by atoms with Crippen molar-refractivity contribution in [3.63, 3.8) is 0 Å². The van der Waals surface area contributed by atoms with E-state index in [1.165, 1.54) is 12.1 Å². The van der Waals surface area contributed by atoms with Crippen molar-refractivity contribution in [2.24, 2.45) is 0 Å². The number of hydrogen-bond acceptors (Lipinski definition) is 5. The highest BCUT2D eigenvalue weighted by molar-refractivity contribution is 5.85. The normalized spacial score (nSPS) is 11.5. The lowest BCUT2D eigenvalue weighted by molar-refractivity contribution is 0.0689. The Labute approximate surface area is 86.0 Å². The summed E-state index contributed by atoms with van der Waals surface area (Å²) in [6, 6.07) is 2.16. The molecule has 0 aliphatic carbocycles. The maximum Gasteiger partial charge on any atom is 0.356 e. The molecular formula is C9H9N3O3. The van der Waals surface area contributed by atoms with Crippen molar-refractivity contribution in [1.82, 2.24) is 10.2 Å². The molecule has 1 atom stereocenters. The van der Waals surface area contributed by atoms with Crippen LogP contribution in [0.4, 0.5) is 5.82 Å². The number of carboxylic acids is 1. The topological polar surface area (TPSA) is 95.3 Å². The first-order valence-electron chi connectivity index (χ1n) is 4.08. The second kappa shape index (κ2) is 4.93. The molecule has 0 fully saturated rings. The predicted octanol–water partition coefficient (Wildman–Crippen LogP) is -0.419. The van der Waals surface area contributed by atoms with Crippen LogP contribution in [0.25, 0.3) is 0 Å². The molecule has 0 saturated heterocycles. The van der Waals surface area contributed by atoms with E-state index in [-0.39, 0.29) is 12.3 Å². The maximum atomic E-state index is 10.5. The third-order valence-electron chi connectivity index (χ3n) is 1.59. The van der Waals surface area contributed by atoms with Crippen LogP contribution in [0.3, 0.4) is 0 Å². The zero-order chi connectivity index (χ0) is 11.3. The number of hydrogen-bond donors (Lipinski definition) is 3. The lowest BCUT2D eigenvalue weighted by atomic mass is 10.3. The number of aliphatic hydroxyl groups excluding tert-OH is 1. The lowest BCUT2D eigenvalue weighted by Crippen LogP contribution is -2.22. The summed E-state index contributed by atoms with van der Waals surface area (Å²) in [6.07, 6.45) is 5.09. The number of rotatable bonds is 4. The monoisotopic (exact) mass is 207 g/mol. The molecule has 0 saturated carbocycles. The Morgan fingerprint density at radius 2 is 2.33 bits per heavy atom. The number of carboxylic acid groups (broad SMARTS) is 1. The van der Waals surface area contributed by atoms with E-state index in [9.17, 15) is 4.79 Å². The molecule has 0 radical (unpaired) electrons. The molecular weight excluding hydrogens is 198 g/mol. The van der Waals surface area contributed by atoms with Crippen molar-refractivity contribution < 1.29 is 15.0 Å². The van der Waals surface area contributed by atoms with Crippen molar-refractivity contribution in [3.05, 3.63) is 17.8 Å². The van der Waals surface area contributed by atoms with Gasteiger partial charge in [-0.25, -0.2) is 4.79 Å².